The third-order valence-electron chi connectivity index (χ3n) is 1.22. The molecule has 0 aromatic heterocycles. The summed E-state index contributed by atoms with van der Waals surface area (Å²) >= 11 is 0. The summed E-state index contributed by atoms with van der Waals surface area (Å²) in [6.07, 6.45) is 0.189. The van der Waals surface area contributed by atoms with Crippen LogP contribution in [0, 0.1) is 0 Å². The molecule has 8 heavy (non-hydrogen) atoms. The van der Waals surface area contributed by atoms with E-state index in [-0.39, 0.29) is 7.53 Å². The van der Waals surface area contributed by atoms with Crippen molar-refractivity contribution in [2.75, 3.05) is 19.7 Å². The first-order valence-corrected chi connectivity index (χ1v) is 2.84. The van der Waals surface area contributed by atoms with E-state index in [1.165, 1.54) is 5.06 Å². The Morgan fingerprint density at radius 1 is 1.88 bits per heavy atom. The Morgan fingerprint density at radius 3 is 3.00 bits per heavy atom. The molecule has 0 radical (unpaired) electrons. The molecule has 48 valence electrons. The predicted molar refractivity (Wildman–Crippen MR) is 29.9 cm³/mol. The van der Waals surface area contributed by atoms with Gasteiger partial charge in [0.1, 0.15) is 0 Å². The van der Waals surface area contributed by atoms with Gasteiger partial charge >= 0.3 is 1.43 Å². The van der Waals surface area contributed by atoms with Crippen LogP contribution in [0.15, 0.2) is 0 Å². The van der Waals surface area contributed by atoms with Gasteiger partial charge in [-0.25, -0.2) is 0 Å². The molecule has 0 spiro atoms. The van der Waals surface area contributed by atoms with Gasteiger partial charge in [-0.3, -0.25) is 0 Å². The molecule has 0 aromatic rings. The van der Waals surface area contributed by atoms with Crippen molar-refractivity contribution in [3.8, 4) is 0 Å². The molecule has 0 bridgehead atoms. The lowest BCUT2D eigenvalue weighted by Crippen LogP contribution is -2.38. The van der Waals surface area contributed by atoms with Crippen LogP contribution in [0.5, 0.6) is 0 Å². The highest BCUT2D eigenvalue weighted by molar-refractivity contribution is 4.59. The number of hydrogen-bond acceptors (Lipinski definition) is 3. The van der Waals surface area contributed by atoms with Crippen LogP contribution in [0.1, 0.15) is 8.35 Å². The molecule has 1 atom stereocenters. The SMILES string of the molecule is CC1CN(O)CCO1.[H+]. The molecule has 0 aromatic carbocycles. The van der Waals surface area contributed by atoms with Gasteiger partial charge < -0.3 is 9.94 Å². The van der Waals surface area contributed by atoms with E-state index in [1.54, 1.807) is 0 Å². The zero-order chi connectivity index (χ0) is 5.98. The Kier molecular flexibility index (Phi) is 1.83. The zero-order valence-electron chi connectivity index (χ0n) is 6.00. The van der Waals surface area contributed by atoms with Gasteiger partial charge in [0.25, 0.3) is 0 Å². The van der Waals surface area contributed by atoms with E-state index in [9.17, 15) is 0 Å². The Bertz CT molecular complexity index is 73.4. The summed E-state index contributed by atoms with van der Waals surface area (Å²) in [7, 11) is 0. The average Bonchev–Trinajstić information content (AvgIpc) is 1.64. The van der Waals surface area contributed by atoms with Crippen LogP contribution in [-0.4, -0.2) is 36.1 Å². The molecule has 3 nitrogen and oxygen atoms in total. The number of hydrogen-bond donors (Lipinski definition) is 1. The summed E-state index contributed by atoms with van der Waals surface area (Å²) in [6.45, 7) is 3.88. The van der Waals surface area contributed by atoms with Crippen molar-refractivity contribution in [3.05, 3.63) is 0 Å². The fraction of sp³-hybridized carbons (Fsp3) is 1.00. The van der Waals surface area contributed by atoms with Crippen molar-refractivity contribution in [1.29, 1.82) is 0 Å². The standard InChI is InChI=1S/C5H11NO2/c1-5-4-6(7)2-3-8-5/h5,7H,2-4H2,1H3/p+1. The minimum absolute atomic E-state index is 0. The molecule has 1 heterocycles. The van der Waals surface area contributed by atoms with Crippen LogP contribution in [0.2, 0.25) is 0 Å². The molecule has 1 fully saturated rings. The van der Waals surface area contributed by atoms with E-state index in [0.29, 0.717) is 19.7 Å². The van der Waals surface area contributed by atoms with E-state index < -0.39 is 0 Å². The highest BCUT2D eigenvalue weighted by Gasteiger charge is 2.13. The Balaban J connectivity index is 0.000000640. The maximum Gasteiger partial charge on any atom is 1.00 e. The molecule has 1 N–H and O–H groups in total. The summed E-state index contributed by atoms with van der Waals surface area (Å²) in [5.41, 5.74) is 0. The van der Waals surface area contributed by atoms with Crippen LogP contribution in [0.4, 0.5) is 0 Å². The van der Waals surface area contributed by atoms with Crippen LogP contribution in [-0.2, 0) is 4.74 Å². The van der Waals surface area contributed by atoms with Gasteiger partial charge in [0.2, 0.25) is 0 Å². The lowest BCUT2D eigenvalue weighted by Gasteiger charge is -2.25. The summed E-state index contributed by atoms with van der Waals surface area (Å²) < 4.78 is 5.15. The second-order valence-electron chi connectivity index (χ2n) is 2.09. The lowest BCUT2D eigenvalue weighted by molar-refractivity contribution is -0.164. The summed E-state index contributed by atoms with van der Waals surface area (Å²) in [6, 6.07) is 0. The van der Waals surface area contributed by atoms with Gasteiger partial charge in [-0.1, -0.05) is 0 Å². The fourth-order valence-electron chi connectivity index (χ4n) is 0.800. The van der Waals surface area contributed by atoms with Gasteiger partial charge in [-0.15, -0.1) is 0 Å². The molecule has 0 saturated carbocycles. The number of hydroxylamine groups is 2. The third kappa shape index (κ3) is 1.43. The molecule has 1 unspecified atom stereocenters. The average molecular weight is 118 g/mol. The highest BCUT2D eigenvalue weighted by Crippen LogP contribution is 1.99. The normalized spacial score (nSPS) is 33.0. The van der Waals surface area contributed by atoms with Crippen LogP contribution in [0.3, 0.4) is 0 Å². The summed E-state index contributed by atoms with van der Waals surface area (Å²) in [5, 5.41) is 10.1. The Hall–Kier alpha value is -0.120. The molecule has 3 heteroatoms. The van der Waals surface area contributed by atoms with E-state index in [0.717, 1.165) is 0 Å². The maximum atomic E-state index is 8.83. The number of rotatable bonds is 0. The van der Waals surface area contributed by atoms with Gasteiger partial charge in [-0.05, 0) is 6.92 Å². The lowest BCUT2D eigenvalue weighted by atomic mass is 10.3. The first-order valence-electron chi connectivity index (χ1n) is 2.84. The largest absolute Gasteiger partial charge is 1.00 e. The second-order valence-corrected chi connectivity index (χ2v) is 2.09. The molecule has 1 aliphatic rings. The van der Waals surface area contributed by atoms with Gasteiger partial charge in [0.05, 0.1) is 12.7 Å². The van der Waals surface area contributed by atoms with Crippen LogP contribution < -0.4 is 0 Å². The molecule has 0 aliphatic carbocycles. The van der Waals surface area contributed by atoms with Gasteiger partial charge in [0, 0.05) is 13.1 Å². The van der Waals surface area contributed by atoms with Crippen molar-refractivity contribution in [3.63, 3.8) is 0 Å². The quantitative estimate of drug-likeness (QED) is 0.493. The molecule has 1 aliphatic heterocycles. The topological polar surface area (TPSA) is 32.7 Å². The minimum Gasteiger partial charge on any atom is -0.376 e. The minimum atomic E-state index is 0. The Morgan fingerprint density at radius 2 is 2.62 bits per heavy atom. The molecule has 1 saturated heterocycles. The smallest absolute Gasteiger partial charge is 0.376 e. The third-order valence-corrected chi connectivity index (χ3v) is 1.22. The monoisotopic (exact) mass is 118 g/mol. The summed E-state index contributed by atoms with van der Waals surface area (Å²) in [5.74, 6) is 0. The van der Waals surface area contributed by atoms with Crippen molar-refractivity contribution in [1.82, 2.24) is 5.06 Å². The number of ether oxygens (including phenoxy) is 1. The van der Waals surface area contributed by atoms with Crippen molar-refractivity contribution in [2.45, 2.75) is 13.0 Å². The zero-order valence-corrected chi connectivity index (χ0v) is 5.00. The maximum absolute atomic E-state index is 8.83. The van der Waals surface area contributed by atoms with E-state index >= 15 is 0 Å². The first kappa shape index (κ1) is 6.01. The van der Waals surface area contributed by atoms with E-state index in [4.69, 9.17) is 9.94 Å². The molecular weight excluding hydrogens is 106 g/mol. The molecular formula is C5H12NO2+. The van der Waals surface area contributed by atoms with Gasteiger partial charge in [0.15, 0.2) is 0 Å². The fourth-order valence-corrected chi connectivity index (χ4v) is 0.800. The summed E-state index contributed by atoms with van der Waals surface area (Å²) in [4.78, 5) is 0. The highest BCUT2D eigenvalue weighted by atomic mass is 16.5. The predicted octanol–water partition coefficient (Wildman–Crippen LogP) is 0.209. The van der Waals surface area contributed by atoms with Crippen molar-refractivity contribution < 1.29 is 11.4 Å². The van der Waals surface area contributed by atoms with Crippen molar-refractivity contribution >= 4 is 0 Å². The number of morpholine rings is 1. The van der Waals surface area contributed by atoms with Crippen molar-refractivity contribution in [2.24, 2.45) is 0 Å². The Labute approximate surface area is 50.3 Å². The second kappa shape index (κ2) is 2.44. The van der Waals surface area contributed by atoms with Gasteiger partial charge in [-0.2, -0.15) is 5.06 Å². The van der Waals surface area contributed by atoms with E-state index in [2.05, 4.69) is 0 Å². The van der Waals surface area contributed by atoms with Crippen LogP contribution >= 0.6 is 0 Å². The first-order chi connectivity index (χ1) is 3.79. The molecule has 1 rings (SSSR count). The molecule has 0 amide bonds. The number of nitrogens with zero attached hydrogens (tertiary/aromatic N) is 1. The van der Waals surface area contributed by atoms with E-state index in [1.807, 2.05) is 6.92 Å². The van der Waals surface area contributed by atoms with Crippen LogP contribution in [0.25, 0.3) is 0 Å².